The van der Waals surface area contributed by atoms with Crippen LogP contribution >= 0.6 is 0 Å². The molecule has 1 amide bonds. The zero-order chi connectivity index (χ0) is 19.2. The number of nitrogens with one attached hydrogen (secondary N) is 1. The van der Waals surface area contributed by atoms with E-state index in [0.29, 0.717) is 11.6 Å². The minimum Gasteiger partial charge on any atom is -0.353 e. The van der Waals surface area contributed by atoms with Gasteiger partial charge in [-0.3, -0.25) is 9.10 Å². The molecule has 1 aromatic rings. The van der Waals surface area contributed by atoms with Crippen molar-refractivity contribution in [3.05, 3.63) is 29.8 Å². The second-order valence-electron chi connectivity index (χ2n) is 7.59. The molecule has 146 valence electrons. The van der Waals surface area contributed by atoms with Crippen LogP contribution in [0, 0.1) is 0 Å². The minimum atomic E-state index is -3.43. The third kappa shape index (κ3) is 6.31. The highest BCUT2D eigenvalue weighted by Crippen LogP contribution is 2.22. The van der Waals surface area contributed by atoms with Gasteiger partial charge in [0.25, 0.3) is 0 Å². The van der Waals surface area contributed by atoms with Crippen LogP contribution in [0.25, 0.3) is 0 Å². The molecule has 1 aromatic carbocycles. The van der Waals surface area contributed by atoms with E-state index in [1.807, 2.05) is 24.3 Å². The molecule has 1 aliphatic rings. The summed E-state index contributed by atoms with van der Waals surface area (Å²) in [5.41, 5.74) is 1.77. The fraction of sp³-hybridized carbons (Fsp3) is 0.650. The highest BCUT2D eigenvalue weighted by molar-refractivity contribution is 7.92. The second-order valence-corrected chi connectivity index (χ2v) is 9.49. The summed E-state index contributed by atoms with van der Waals surface area (Å²) in [7, 11) is -3.43. The van der Waals surface area contributed by atoms with Crippen LogP contribution in [0.15, 0.2) is 24.3 Å². The monoisotopic (exact) mass is 380 g/mol. The van der Waals surface area contributed by atoms with Crippen molar-refractivity contribution in [3.63, 3.8) is 0 Å². The Bertz CT molecular complexity index is 676. The van der Waals surface area contributed by atoms with E-state index >= 15 is 0 Å². The van der Waals surface area contributed by atoms with Gasteiger partial charge in [-0.05, 0) is 36.5 Å². The van der Waals surface area contributed by atoms with Crippen LogP contribution in [-0.4, -0.2) is 33.2 Å². The van der Waals surface area contributed by atoms with Crippen LogP contribution in [-0.2, 0) is 14.8 Å². The number of hydrogen-bond acceptors (Lipinski definition) is 3. The molecule has 0 aliphatic heterocycles. The molecular formula is C20H32N2O3S. The standard InChI is InChI=1S/C20H32N2O3S/c1-16(2)17-10-12-19(13-11-17)22(26(3,24)25)15-14-20(23)21-18-8-6-4-5-7-9-18/h10-13,16,18H,4-9,14-15H2,1-3H3,(H,21,23). The lowest BCUT2D eigenvalue weighted by Crippen LogP contribution is -2.38. The van der Waals surface area contributed by atoms with E-state index < -0.39 is 10.0 Å². The summed E-state index contributed by atoms with van der Waals surface area (Å²) < 4.78 is 25.7. The molecule has 2 rings (SSSR count). The van der Waals surface area contributed by atoms with Crippen LogP contribution in [0.5, 0.6) is 0 Å². The molecule has 0 unspecified atom stereocenters. The van der Waals surface area contributed by atoms with Gasteiger partial charge in [0, 0.05) is 19.0 Å². The number of rotatable bonds is 7. The Kier molecular flexibility index (Phi) is 7.50. The molecule has 5 nitrogen and oxygen atoms in total. The molecule has 1 N–H and O–H groups in total. The number of sulfonamides is 1. The van der Waals surface area contributed by atoms with Gasteiger partial charge < -0.3 is 5.32 Å². The number of amides is 1. The minimum absolute atomic E-state index is 0.0654. The molecule has 0 aromatic heterocycles. The third-order valence-electron chi connectivity index (χ3n) is 5.01. The summed E-state index contributed by atoms with van der Waals surface area (Å²) in [5, 5.41) is 3.08. The second kappa shape index (κ2) is 9.40. The van der Waals surface area contributed by atoms with Crippen molar-refractivity contribution in [2.24, 2.45) is 0 Å². The zero-order valence-electron chi connectivity index (χ0n) is 16.2. The van der Waals surface area contributed by atoms with Gasteiger partial charge in [-0.25, -0.2) is 8.42 Å². The highest BCUT2D eigenvalue weighted by Gasteiger charge is 2.20. The molecule has 1 aliphatic carbocycles. The van der Waals surface area contributed by atoms with Crippen molar-refractivity contribution in [1.29, 1.82) is 0 Å². The Morgan fingerprint density at radius 3 is 2.19 bits per heavy atom. The molecule has 1 saturated carbocycles. The first-order valence-corrected chi connectivity index (χ1v) is 11.5. The normalized spacial score (nSPS) is 16.3. The molecule has 0 heterocycles. The molecule has 0 bridgehead atoms. The van der Waals surface area contributed by atoms with Crippen molar-refractivity contribution in [1.82, 2.24) is 5.32 Å². The van der Waals surface area contributed by atoms with Crippen LogP contribution in [0.4, 0.5) is 5.69 Å². The molecule has 26 heavy (non-hydrogen) atoms. The Balaban J connectivity index is 1.98. The number of benzene rings is 1. The Morgan fingerprint density at radius 1 is 1.12 bits per heavy atom. The summed E-state index contributed by atoms with van der Waals surface area (Å²) in [6, 6.07) is 7.77. The van der Waals surface area contributed by atoms with Crippen LogP contribution in [0.2, 0.25) is 0 Å². The van der Waals surface area contributed by atoms with E-state index in [1.54, 1.807) is 0 Å². The maximum atomic E-state index is 12.3. The van der Waals surface area contributed by atoms with E-state index in [4.69, 9.17) is 0 Å². The lowest BCUT2D eigenvalue weighted by molar-refractivity contribution is -0.121. The SMILES string of the molecule is CC(C)c1ccc(N(CCC(=O)NC2CCCCCC2)S(C)(=O)=O)cc1. The first-order chi connectivity index (χ1) is 12.3. The van der Waals surface area contributed by atoms with Gasteiger partial charge in [0.15, 0.2) is 0 Å². The Hall–Kier alpha value is -1.56. The van der Waals surface area contributed by atoms with Gasteiger partial charge in [0.05, 0.1) is 11.9 Å². The van der Waals surface area contributed by atoms with Gasteiger partial charge >= 0.3 is 0 Å². The molecule has 6 heteroatoms. The lowest BCUT2D eigenvalue weighted by atomic mass is 10.0. The molecule has 1 fully saturated rings. The van der Waals surface area contributed by atoms with E-state index in [0.717, 1.165) is 31.2 Å². The van der Waals surface area contributed by atoms with Gasteiger partial charge in [-0.15, -0.1) is 0 Å². The van der Waals surface area contributed by atoms with E-state index in [9.17, 15) is 13.2 Å². The molecule has 0 spiro atoms. The van der Waals surface area contributed by atoms with Gasteiger partial charge in [-0.2, -0.15) is 0 Å². The number of nitrogens with zero attached hydrogens (tertiary/aromatic N) is 1. The van der Waals surface area contributed by atoms with Crippen molar-refractivity contribution in [3.8, 4) is 0 Å². The topological polar surface area (TPSA) is 66.5 Å². The zero-order valence-corrected chi connectivity index (χ0v) is 17.0. The quantitative estimate of drug-likeness (QED) is 0.732. The fourth-order valence-electron chi connectivity index (χ4n) is 3.44. The first kappa shape index (κ1) is 20.7. The summed E-state index contributed by atoms with van der Waals surface area (Å²) in [4.78, 5) is 12.3. The van der Waals surface area contributed by atoms with E-state index in [1.165, 1.54) is 23.4 Å². The Labute approximate surface area is 158 Å². The summed E-state index contributed by atoms with van der Waals surface area (Å²) in [6.45, 7) is 4.36. The number of carbonyl (C=O) groups is 1. The Morgan fingerprint density at radius 2 is 1.69 bits per heavy atom. The average molecular weight is 381 g/mol. The summed E-state index contributed by atoms with van der Waals surface area (Å²) in [5.74, 6) is 0.324. The predicted octanol–water partition coefficient (Wildman–Crippen LogP) is 3.81. The van der Waals surface area contributed by atoms with Crippen molar-refractivity contribution >= 4 is 21.6 Å². The fourth-order valence-corrected chi connectivity index (χ4v) is 4.37. The average Bonchev–Trinajstić information content (AvgIpc) is 2.83. The maximum Gasteiger partial charge on any atom is 0.232 e. The molecule has 0 radical (unpaired) electrons. The smallest absolute Gasteiger partial charge is 0.232 e. The summed E-state index contributed by atoms with van der Waals surface area (Å²) >= 11 is 0. The van der Waals surface area contributed by atoms with E-state index in [2.05, 4.69) is 19.2 Å². The first-order valence-electron chi connectivity index (χ1n) is 9.64. The van der Waals surface area contributed by atoms with Crippen LogP contribution in [0.1, 0.15) is 70.3 Å². The van der Waals surface area contributed by atoms with Gasteiger partial charge in [0.1, 0.15) is 0 Å². The maximum absolute atomic E-state index is 12.3. The number of hydrogen-bond donors (Lipinski definition) is 1. The number of carbonyl (C=O) groups excluding carboxylic acids is 1. The van der Waals surface area contributed by atoms with E-state index in [-0.39, 0.29) is 24.9 Å². The van der Waals surface area contributed by atoms with Gasteiger partial charge in [0.2, 0.25) is 15.9 Å². The summed E-state index contributed by atoms with van der Waals surface area (Å²) in [6.07, 6.45) is 8.20. The highest BCUT2D eigenvalue weighted by atomic mass is 32.2. The van der Waals surface area contributed by atoms with Crippen LogP contribution < -0.4 is 9.62 Å². The molecule has 0 saturated heterocycles. The lowest BCUT2D eigenvalue weighted by Gasteiger charge is -2.23. The molecular weight excluding hydrogens is 348 g/mol. The predicted molar refractivity (Wildman–Crippen MR) is 107 cm³/mol. The van der Waals surface area contributed by atoms with Crippen molar-refractivity contribution in [2.75, 3.05) is 17.1 Å². The number of anilines is 1. The van der Waals surface area contributed by atoms with Crippen molar-refractivity contribution < 1.29 is 13.2 Å². The third-order valence-corrected chi connectivity index (χ3v) is 6.20. The molecule has 0 atom stereocenters. The van der Waals surface area contributed by atoms with Gasteiger partial charge in [-0.1, -0.05) is 51.7 Å². The largest absolute Gasteiger partial charge is 0.353 e. The van der Waals surface area contributed by atoms with Crippen LogP contribution in [0.3, 0.4) is 0 Å². The van der Waals surface area contributed by atoms with Crippen molar-refractivity contribution in [2.45, 2.75) is 70.8 Å².